The highest BCUT2D eigenvalue weighted by Crippen LogP contribution is 2.09. The van der Waals surface area contributed by atoms with E-state index in [0.29, 0.717) is 16.4 Å². The number of carbonyl (C=O) groups is 1. The molecule has 0 radical (unpaired) electrons. The van der Waals surface area contributed by atoms with E-state index in [9.17, 15) is 9.59 Å². The van der Waals surface area contributed by atoms with E-state index in [4.69, 9.17) is 0 Å². The number of methoxy groups -OCH3 is 1. The molecule has 0 aromatic carbocycles. The van der Waals surface area contributed by atoms with E-state index in [0.717, 1.165) is 0 Å². The minimum Gasteiger partial charge on any atom is -0.388 e. The molecule has 0 saturated heterocycles. The fourth-order valence-corrected chi connectivity index (χ4v) is 1.53. The van der Waals surface area contributed by atoms with Crippen LogP contribution in [0.25, 0.3) is 11.0 Å². The van der Waals surface area contributed by atoms with E-state index >= 15 is 0 Å². The van der Waals surface area contributed by atoms with Gasteiger partial charge in [0, 0.05) is 14.2 Å². The first-order valence-corrected chi connectivity index (χ1v) is 5.78. The van der Waals surface area contributed by atoms with Crippen LogP contribution in [-0.4, -0.2) is 35.0 Å². The van der Waals surface area contributed by atoms with Gasteiger partial charge in [-0.1, -0.05) is 0 Å². The van der Waals surface area contributed by atoms with Crippen molar-refractivity contribution in [1.29, 1.82) is 0 Å². The number of fused-ring (bicyclic) bond motifs is 1. The zero-order valence-electron chi connectivity index (χ0n) is 9.96. The second-order valence-corrected chi connectivity index (χ2v) is 4.09. The van der Waals surface area contributed by atoms with Gasteiger partial charge in [0.1, 0.15) is 10.9 Å². The first kappa shape index (κ1) is 14.5. The molecule has 2 aromatic heterocycles. The molecule has 0 bridgehead atoms. The molecule has 2 rings (SSSR count). The lowest BCUT2D eigenvalue weighted by Gasteiger charge is -2.01. The molecule has 6 nitrogen and oxygen atoms in total. The molecule has 0 spiro atoms. The van der Waals surface area contributed by atoms with Crippen molar-refractivity contribution < 1.29 is 9.53 Å². The minimum absolute atomic E-state index is 0.00400. The normalized spacial score (nSPS) is 9.72. The Kier molecular flexibility index (Phi) is 5.60. The van der Waals surface area contributed by atoms with Gasteiger partial charge in [0.25, 0.3) is 5.56 Å². The van der Waals surface area contributed by atoms with Crippen LogP contribution in [0, 0.1) is 0 Å². The van der Waals surface area contributed by atoms with Crippen molar-refractivity contribution in [3.05, 3.63) is 33.4 Å². The maximum absolute atomic E-state index is 11.8. The molecule has 2 aromatic rings. The standard InChI is InChI=1S/C9H6BrN3O2.C2H6O/c10-7-2-1-6-8(12-7)9(15)13(3-4-14)5-11-6;1-3-2/h1-2,4-5H,3H2;1-2H3. The van der Waals surface area contributed by atoms with Gasteiger partial charge < -0.3 is 9.53 Å². The van der Waals surface area contributed by atoms with Crippen LogP contribution in [-0.2, 0) is 16.1 Å². The Morgan fingerprint density at radius 2 is 2.11 bits per heavy atom. The van der Waals surface area contributed by atoms with Gasteiger partial charge in [-0.15, -0.1) is 0 Å². The molecule has 0 aliphatic carbocycles. The summed E-state index contributed by atoms with van der Waals surface area (Å²) >= 11 is 3.17. The van der Waals surface area contributed by atoms with Gasteiger partial charge in [0.05, 0.1) is 18.4 Å². The smallest absolute Gasteiger partial charge is 0.280 e. The predicted octanol–water partition coefficient (Wildman–Crippen LogP) is 1.02. The van der Waals surface area contributed by atoms with E-state index in [1.165, 1.54) is 10.9 Å². The molecular formula is C11H12BrN3O3. The maximum atomic E-state index is 11.8. The summed E-state index contributed by atoms with van der Waals surface area (Å²) in [6.07, 6.45) is 1.99. The summed E-state index contributed by atoms with van der Waals surface area (Å²) in [6.45, 7) is -0.00400. The lowest BCUT2D eigenvalue weighted by molar-refractivity contribution is -0.108. The average Bonchev–Trinajstić information content (AvgIpc) is 2.35. The molecule has 96 valence electrons. The number of nitrogens with zero attached hydrogens (tertiary/aromatic N) is 3. The topological polar surface area (TPSA) is 74.1 Å². The van der Waals surface area contributed by atoms with Crippen molar-refractivity contribution in [3.63, 3.8) is 0 Å². The van der Waals surface area contributed by atoms with Gasteiger partial charge in [-0.05, 0) is 28.1 Å². The summed E-state index contributed by atoms with van der Waals surface area (Å²) in [6, 6.07) is 3.40. The number of aldehydes is 1. The van der Waals surface area contributed by atoms with E-state index in [1.807, 2.05) is 0 Å². The molecular weight excluding hydrogens is 302 g/mol. The van der Waals surface area contributed by atoms with Crippen molar-refractivity contribution in [1.82, 2.24) is 14.5 Å². The van der Waals surface area contributed by atoms with Crippen LogP contribution in [0.5, 0.6) is 0 Å². The highest BCUT2D eigenvalue weighted by molar-refractivity contribution is 9.10. The predicted molar refractivity (Wildman–Crippen MR) is 70.5 cm³/mol. The number of pyridine rings is 1. The van der Waals surface area contributed by atoms with Crippen LogP contribution >= 0.6 is 15.9 Å². The van der Waals surface area contributed by atoms with E-state index in [-0.39, 0.29) is 17.6 Å². The van der Waals surface area contributed by atoms with Crippen LogP contribution in [0.3, 0.4) is 0 Å². The lowest BCUT2D eigenvalue weighted by atomic mass is 10.3. The molecule has 18 heavy (non-hydrogen) atoms. The number of rotatable bonds is 2. The Balaban J connectivity index is 0.000000492. The summed E-state index contributed by atoms with van der Waals surface area (Å²) in [5, 5.41) is 0. The van der Waals surface area contributed by atoms with Gasteiger partial charge >= 0.3 is 0 Å². The van der Waals surface area contributed by atoms with Crippen molar-refractivity contribution in [2.75, 3.05) is 14.2 Å². The number of hydrogen-bond donors (Lipinski definition) is 0. The average molecular weight is 314 g/mol. The summed E-state index contributed by atoms with van der Waals surface area (Å²) < 4.78 is 6.03. The Labute approximate surface area is 112 Å². The van der Waals surface area contributed by atoms with E-state index in [1.54, 1.807) is 26.4 Å². The summed E-state index contributed by atoms with van der Waals surface area (Å²) in [4.78, 5) is 30.1. The number of ether oxygens (including phenoxy) is 1. The SMILES string of the molecule is COC.O=CCn1cnc2ccc(Br)nc2c1=O. The third kappa shape index (κ3) is 3.44. The fraction of sp³-hybridized carbons (Fsp3) is 0.273. The van der Waals surface area contributed by atoms with Crippen molar-refractivity contribution in [2.24, 2.45) is 0 Å². The zero-order valence-corrected chi connectivity index (χ0v) is 11.5. The first-order chi connectivity index (χ1) is 8.63. The quantitative estimate of drug-likeness (QED) is 0.611. The van der Waals surface area contributed by atoms with Gasteiger partial charge in [-0.2, -0.15) is 0 Å². The number of halogens is 1. The summed E-state index contributed by atoms with van der Waals surface area (Å²) in [7, 11) is 3.25. The van der Waals surface area contributed by atoms with E-state index in [2.05, 4.69) is 30.6 Å². The van der Waals surface area contributed by atoms with Crippen molar-refractivity contribution in [2.45, 2.75) is 6.54 Å². The van der Waals surface area contributed by atoms with Crippen LogP contribution in [0.2, 0.25) is 0 Å². The molecule has 0 atom stereocenters. The second kappa shape index (κ2) is 6.97. The third-order valence-electron chi connectivity index (χ3n) is 1.91. The highest BCUT2D eigenvalue weighted by atomic mass is 79.9. The Morgan fingerprint density at radius 3 is 2.72 bits per heavy atom. The minimum atomic E-state index is -0.312. The Hall–Kier alpha value is -1.60. The largest absolute Gasteiger partial charge is 0.388 e. The summed E-state index contributed by atoms with van der Waals surface area (Å²) in [5.74, 6) is 0. The molecule has 0 aliphatic rings. The number of hydrogen-bond acceptors (Lipinski definition) is 5. The van der Waals surface area contributed by atoms with Gasteiger partial charge in [-0.25, -0.2) is 9.97 Å². The third-order valence-corrected chi connectivity index (χ3v) is 2.35. The van der Waals surface area contributed by atoms with E-state index < -0.39 is 0 Å². The molecule has 0 unspecified atom stereocenters. The summed E-state index contributed by atoms with van der Waals surface area (Å²) in [5.41, 5.74) is 0.465. The number of aromatic nitrogens is 3. The number of carbonyl (C=O) groups excluding carboxylic acids is 1. The van der Waals surface area contributed by atoms with Crippen molar-refractivity contribution in [3.8, 4) is 0 Å². The molecule has 2 heterocycles. The van der Waals surface area contributed by atoms with Crippen molar-refractivity contribution >= 4 is 33.2 Å². The van der Waals surface area contributed by atoms with Crippen LogP contribution in [0.4, 0.5) is 0 Å². The highest BCUT2D eigenvalue weighted by Gasteiger charge is 2.05. The Morgan fingerprint density at radius 1 is 1.44 bits per heavy atom. The van der Waals surface area contributed by atoms with Crippen LogP contribution in [0.1, 0.15) is 0 Å². The van der Waals surface area contributed by atoms with Gasteiger partial charge in [0.2, 0.25) is 0 Å². The first-order valence-electron chi connectivity index (χ1n) is 4.99. The van der Waals surface area contributed by atoms with Crippen LogP contribution < -0.4 is 5.56 Å². The molecule has 0 saturated carbocycles. The maximum Gasteiger partial charge on any atom is 0.280 e. The van der Waals surface area contributed by atoms with Gasteiger partial charge in [-0.3, -0.25) is 9.36 Å². The lowest BCUT2D eigenvalue weighted by Crippen LogP contribution is -2.22. The molecule has 0 fully saturated rings. The Bertz CT molecular complexity index is 598. The molecule has 0 aliphatic heterocycles. The monoisotopic (exact) mass is 313 g/mol. The molecule has 7 heteroatoms. The van der Waals surface area contributed by atoms with Crippen LogP contribution in [0.15, 0.2) is 27.9 Å². The van der Waals surface area contributed by atoms with Gasteiger partial charge in [0.15, 0.2) is 5.52 Å². The zero-order chi connectivity index (χ0) is 13.5. The molecule has 0 N–H and O–H groups in total. The fourth-order valence-electron chi connectivity index (χ4n) is 1.22. The molecule has 0 amide bonds. The second-order valence-electron chi connectivity index (χ2n) is 3.28.